The molecule has 0 radical (unpaired) electrons. The van der Waals surface area contributed by atoms with E-state index in [-0.39, 0.29) is 6.54 Å². The van der Waals surface area contributed by atoms with Crippen LogP contribution < -0.4 is 10.5 Å². The maximum absolute atomic E-state index is 9.60. The Hall–Kier alpha value is -1.43. The normalized spacial score (nSPS) is 12.4. The van der Waals surface area contributed by atoms with Gasteiger partial charge in [-0.3, -0.25) is 0 Å². The zero-order valence-corrected chi connectivity index (χ0v) is 10.3. The summed E-state index contributed by atoms with van der Waals surface area (Å²) in [6, 6.07) is 7.66. The van der Waals surface area contributed by atoms with E-state index >= 15 is 0 Å². The fourth-order valence-corrected chi connectivity index (χ4v) is 2.40. The number of thiazole rings is 1. The first-order valence-corrected chi connectivity index (χ1v) is 6.11. The Bertz CT molecular complexity index is 499. The number of aromatic nitrogens is 1. The number of hydrogen-bond acceptors (Lipinski definition) is 5. The highest BCUT2D eigenvalue weighted by atomic mass is 32.1. The number of para-hydroxylation sites is 1. The van der Waals surface area contributed by atoms with Gasteiger partial charge >= 0.3 is 0 Å². The van der Waals surface area contributed by atoms with Crippen LogP contribution in [0.25, 0.3) is 10.6 Å². The van der Waals surface area contributed by atoms with Crippen molar-refractivity contribution in [3.05, 3.63) is 35.3 Å². The van der Waals surface area contributed by atoms with E-state index in [0.717, 1.165) is 16.3 Å². The molecule has 1 atom stereocenters. The predicted molar refractivity (Wildman–Crippen MR) is 68.1 cm³/mol. The second-order valence-electron chi connectivity index (χ2n) is 3.53. The Morgan fingerprint density at radius 1 is 1.47 bits per heavy atom. The van der Waals surface area contributed by atoms with Gasteiger partial charge in [0, 0.05) is 11.9 Å². The van der Waals surface area contributed by atoms with E-state index in [4.69, 9.17) is 10.5 Å². The van der Waals surface area contributed by atoms with Crippen LogP contribution in [0.1, 0.15) is 11.8 Å². The summed E-state index contributed by atoms with van der Waals surface area (Å²) >= 11 is 1.47. The van der Waals surface area contributed by atoms with Crippen LogP contribution in [0.3, 0.4) is 0 Å². The van der Waals surface area contributed by atoms with Crippen molar-refractivity contribution >= 4 is 11.3 Å². The second-order valence-corrected chi connectivity index (χ2v) is 4.39. The largest absolute Gasteiger partial charge is 0.496 e. The molecule has 1 heterocycles. The van der Waals surface area contributed by atoms with Gasteiger partial charge in [-0.1, -0.05) is 12.1 Å². The summed E-state index contributed by atoms with van der Waals surface area (Å²) in [6.07, 6.45) is -0.699. The molecule has 2 rings (SSSR count). The predicted octanol–water partition coefficient (Wildman–Crippen LogP) is 1.81. The monoisotopic (exact) mass is 250 g/mol. The molecule has 0 aliphatic heterocycles. The van der Waals surface area contributed by atoms with Gasteiger partial charge in [0.15, 0.2) is 0 Å². The van der Waals surface area contributed by atoms with Crippen LogP contribution in [0, 0.1) is 0 Å². The Balaban J connectivity index is 2.37. The number of nitrogens with zero attached hydrogens (tertiary/aromatic N) is 1. The number of methoxy groups -OCH3 is 1. The molecule has 0 aliphatic carbocycles. The fraction of sp³-hybridized carbons (Fsp3) is 0.250. The molecular weight excluding hydrogens is 236 g/mol. The van der Waals surface area contributed by atoms with Crippen molar-refractivity contribution in [1.29, 1.82) is 0 Å². The van der Waals surface area contributed by atoms with Crippen molar-refractivity contribution < 1.29 is 9.84 Å². The summed E-state index contributed by atoms with van der Waals surface area (Å²) in [5.74, 6) is 0.774. The van der Waals surface area contributed by atoms with Gasteiger partial charge in [-0.15, -0.1) is 11.3 Å². The summed E-state index contributed by atoms with van der Waals surface area (Å²) < 4.78 is 5.28. The maximum Gasteiger partial charge on any atom is 0.129 e. The van der Waals surface area contributed by atoms with Gasteiger partial charge in [0.05, 0.1) is 18.4 Å². The average Bonchev–Trinajstić information content (AvgIpc) is 2.87. The lowest BCUT2D eigenvalue weighted by atomic mass is 10.2. The summed E-state index contributed by atoms with van der Waals surface area (Å²) in [6.45, 7) is 0.176. The lowest BCUT2D eigenvalue weighted by molar-refractivity contribution is 0.182. The number of ether oxygens (including phenoxy) is 1. The molecule has 90 valence electrons. The van der Waals surface area contributed by atoms with Crippen molar-refractivity contribution in [3.8, 4) is 16.3 Å². The highest BCUT2D eigenvalue weighted by Crippen LogP contribution is 2.32. The van der Waals surface area contributed by atoms with Crippen LogP contribution in [-0.2, 0) is 0 Å². The van der Waals surface area contributed by atoms with Crippen LogP contribution in [0.2, 0.25) is 0 Å². The number of nitrogens with two attached hydrogens (primary N) is 1. The zero-order chi connectivity index (χ0) is 12.3. The van der Waals surface area contributed by atoms with Gasteiger partial charge in [0.1, 0.15) is 16.9 Å². The van der Waals surface area contributed by atoms with Crippen molar-refractivity contribution in [2.24, 2.45) is 5.73 Å². The lowest BCUT2D eigenvalue weighted by Crippen LogP contribution is -2.11. The Morgan fingerprint density at radius 3 is 2.94 bits per heavy atom. The summed E-state index contributed by atoms with van der Waals surface area (Å²) in [4.78, 5) is 4.37. The first-order chi connectivity index (χ1) is 8.26. The fourth-order valence-electron chi connectivity index (χ4n) is 1.50. The van der Waals surface area contributed by atoms with Crippen LogP contribution >= 0.6 is 11.3 Å². The molecule has 2 aromatic rings. The number of aliphatic hydroxyl groups excluding tert-OH is 1. The minimum absolute atomic E-state index is 0.176. The van der Waals surface area contributed by atoms with Crippen LogP contribution in [0.5, 0.6) is 5.75 Å². The Labute approximate surface area is 104 Å². The lowest BCUT2D eigenvalue weighted by Gasteiger charge is -2.05. The molecule has 17 heavy (non-hydrogen) atoms. The van der Waals surface area contributed by atoms with Crippen molar-refractivity contribution in [2.75, 3.05) is 13.7 Å². The molecule has 1 aromatic carbocycles. The van der Waals surface area contributed by atoms with Gasteiger partial charge in [-0.2, -0.15) is 0 Å². The third-order valence-electron chi connectivity index (χ3n) is 2.42. The molecule has 3 N–H and O–H groups in total. The van der Waals surface area contributed by atoms with E-state index in [1.165, 1.54) is 11.3 Å². The smallest absolute Gasteiger partial charge is 0.129 e. The van der Waals surface area contributed by atoms with E-state index in [1.807, 2.05) is 29.6 Å². The van der Waals surface area contributed by atoms with Gasteiger partial charge in [0.2, 0.25) is 0 Å². The quantitative estimate of drug-likeness (QED) is 0.868. The Morgan fingerprint density at radius 2 is 2.24 bits per heavy atom. The zero-order valence-electron chi connectivity index (χ0n) is 9.46. The molecule has 0 saturated carbocycles. The van der Waals surface area contributed by atoms with Crippen molar-refractivity contribution in [1.82, 2.24) is 4.98 Å². The first kappa shape index (κ1) is 12.0. The number of hydrogen-bond donors (Lipinski definition) is 2. The molecule has 1 aromatic heterocycles. The molecule has 4 nitrogen and oxygen atoms in total. The van der Waals surface area contributed by atoms with E-state index < -0.39 is 6.10 Å². The number of benzene rings is 1. The van der Waals surface area contributed by atoms with Gasteiger partial charge in [-0.25, -0.2) is 4.98 Å². The standard InChI is InChI=1S/C12H14N2O2S/c1-16-11-5-3-2-4-8(11)12-14-9(7-17-12)10(15)6-13/h2-5,7,10,15H,6,13H2,1H3. The molecule has 0 saturated heterocycles. The van der Waals surface area contributed by atoms with E-state index in [9.17, 15) is 5.11 Å². The van der Waals surface area contributed by atoms with Crippen LogP contribution in [-0.4, -0.2) is 23.7 Å². The van der Waals surface area contributed by atoms with Crippen molar-refractivity contribution in [2.45, 2.75) is 6.10 Å². The molecular formula is C12H14N2O2S. The summed E-state index contributed by atoms with van der Waals surface area (Å²) in [7, 11) is 1.63. The average molecular weight is 250 g/mol. The van der Waals surface area contributed by atoms with E-state index in [0.29, 0.717) is 5.69 Å². The molecule has 0 amide bonds. The third kappa shape index (κ3) is 2.46. The number of rotatable bonds is 4. The number of aliphatic hydroxyl groups is 1. The molecule has 0 bridgehead atoms. The van der Waals surface area contributed by atoms with Gasteiger partial charge in [0.25, 0.3) is 0 Å². The maximum atomic E-state index is 9.60. The molecule has 0 spiro atoms. The van der Waals surface area contributed by atoms with Crippen molar-refractivity contribution in [3.63, 3.8) is 0 Å². The van der Waals surface area contributed by atoms with Gasteiger partial charge < -0.3 is 15.6 Å². The third-order valence-corrected chi connectivity index (χ3v) is 3.32. The van der Waals surface area contributed by atoms with Crippen LogP contribution in [0.4, 0.5) is 0 Å². The summed E-state index contributed by atoms with van der Waals surface area (Å²) in [5.41, 5.74) is 6.93. The van der Waals surface area contributed by atoms with E-state index in [1.54, 1.807) is 7.11 Å². The SMILES string of the molecule is COc1ccccc1-c1nc(C(O)CN)cs1. The first-order valence-electron chi connectivity index (χ1n) is 5.23. The topological polar surface area (TPSA) is 68.4 Å². The van der Waals surface area contributed by atoms with Gasteiger partial charge in [-0.05, 0) is 12.1 Å². The molecule has 0 aliphatic rings. The minimum atomic E-state index is -0.699. The Kier molecular flexibility index (Phi) is 3.73. The highest BCUT2D eigenvalue weighted by Gasteiger charge is 2.13. The summed E-state index contributed by atoms with van der Waals surface area (Å²) in [5, 5.41) is 12.2. The van der Waals surface area contributed by atoms with E-state index in [2.05, 4.69) is 4.98 Å². The second kappa shape index (κ2) is 5.27. The minimum Gasteiger partial charge on any atom is -0.496 e. The highest BCUT2D eigenvalue weighted by molar-refractivity contribution is 7.13. The molecule has 0 fully saturated rings. The van der Waals surface area contributed by atoms with Crippen LogP contribution in [0.15, 0.2) is 29.6 Å². The molecule has 1 unspecified atom stereocenters. The molecule has 5 heteroatoms.